The number of carbonyl (C=O) groups is 2. The van der Waals surface area contributed by atoms with E-state index in [0.717, 1.165) is 24.9 Å². The first-order chi connectivity index (χ1) is 9.18. The molecule has 0 bridgehead atoms. The minimum atomic E-state index is -0.373. The lowest BCUT2D eigenvalue weighted by Crippen LogP contribution is -2.61. The van der Waals surface area contributed by atoms with Crippen molar-refractivity contribution in [3.63, 3.8) is 0 Å². The molecule has 3 rings (SSSR count). The van der Waals surface area contributed by atoms with Crippen LogP contribution in [-0.4, -0.2) is 45.2 Å². The molecule has 2 aliphatic rings. The van der Waals surface area contributed by atoms with Gasteiger partial charge in [-0.1, -0.05) is 6.07 Å². The van der Waals surface area contributed by atoms with Crippen molar-refractivity contribution in [1.82, 2.24) is 14.8 Å². The van der Waals surface area contributed by atoms with Crippen LogP contribution < -0.4 is 0 Å². The van der Waals surface area contributed by atoms with Crippen LogP contribution in [0.5, 0.6) is 0 Å². The summed E-state index contributed by atoms with van der Waals surface area (Å²) in [5.41, 5.74) is 0.960. The highest BCUT2D eigenvalue weighted by Crippen LogP contribution is 2.27. The standard InChI is InChI=1S/C14H17N3O2/c1-10-13(18)16-7-3-5-12(16)14(19)17(10)9-11-4-2-6-15-8-11/h2,4,6,8,10,12H,3,5,7,9H2,1H3. The van der Waals surface area contributed by atoms with E-state index in [4.69, 9.17) is 0 Å². The van der Waals surface area contributed by atoms with E-state index in [1.54, 1.807) is 22.2 Å². The molecule has 0 N–H and O–H groups in total. The molecule has 1 aromatic heterocycles. The van der Waals surface area contributed by atoms with Crippen LogP contribution in [0.1, 0.15) is 25.3 Å². The zero-order valence-corrected chi connectivity index (χ0v) is 11.0. The summed E-state index contributed by atoms with van der Waals surface area (Å²) in [6.07, 6.45) is 5.16. The van der Waals surface area contributed by atoms with E-state index >= 15 is 0 Å². The number of carbonyl (C=O) groups excluding carboxylic acids is 2. The number of nitrogens with zero attached hydrogens (tertiary/aromatic N) is 3. The Morgan fingerprint density at radius 2 is 2.21 bits per heavy atom. The van der Waals surface area contributed by atoms with Gasteiger partial charge in [0.25, 0.3) is 0 Å². The molecule has 2 fully saturated rings. The normalized spacial score (nSPS) is 26.8. The molecule has 2 unspecified atom stereocenters. The monoisotopic (exact) mass is 259 g/mol. The van der Waals surface area contributed by atoms with Crippen molar-refractivity contribution in [1.29, 1.82) is 0 Å². The summed E-state index contributed by atoms with van der Waals surface area (Å²) in [4.78, 5) is 32.2. The van der Waals surface area contributed by atoms with Crippen molar-refractivity contribution in [2.75, 3.05) is 6.54 Å². The van der Waals surface area contributed by atoms with Crippen LogP contribution in [-0.2, 0) is 16.1 Å². The second kappa shape index (κ2) is 4.64. The number of rotatable bonds is 2. The zero-order valence-electron chi connectivity index (χ0n) is 11.0. The summed E-state index contributed by atoms with van der Waals surface area (Å²) in [6, 6.07) is 3.17. The van der Waals surface area contributed by atoms with Crippen molar-refractivity contribution in [2.24, 2.45) is 0 Å². The molecule has 100 valence electrons. The molecular weight excluding hydrogens is 242 g/mol. The summed E-state index contributed by atoms with van der Waals surface area (Å²) >= 11 is 0. The minimum Gasteiger partial charge on any atom is -0.329 e. The van der Waals surface area contributed by atoms with Gasteiger partial charge in [-0.05, 0) is 31.4 Å². The van der Waals surface area contributed by atoms with Gasteiger partial charge < -0.3 is 9.80 Å². The fraction of sp³-hybridized carbons (Fsp3) is 0.500. The number of pyridine rings is 1. The smallest absolute Gasteiger partial charge is 0.246 e. The van der Waals surface area contributed by atoms with Gasteiger partial charge in [0, 0.05) is 25.5 Å². The maximum atomic E-state index is 12.5. The van der Waals surface area contributed by atoms with Gasteiger partial charge in [0.2, 0.25) is 11.8 Å². The molecule has 0 aromatic carbocycles. The third-order valence-electron chi connectivity index (χ3n) is 4.00. The van der Waals surface area contributed by atoms with Gasteiger partial charge in [0.1, 0.15) is 12.1 Å². The Bertz CT molecular complexity index is 503. The molecule has 3 heterocycles. The summed E-state index contributed by atoms with van der Waals surface area (Å²) in [7, 11) is 0. The van der Waals surface area contributed by atoms with E-state index in [2.05, 4.69) is 4.98 Å². The fourth-order valence-electron chi connectivity index (χ4n) is 2.95. The van der Waals surface area contributed by atoms with E-state index < -0.39 is 0 Å². The molecule has 0 radical (unpaired) electrons. The quantitative estimate of drug-likeness (QED) is 0.789. The first-order valence-corrected chi connectivity index (χ1v) is 6.68. The fourth-order valence-corrected chi connectivity index (χ4v) is 2.95. The highest BCUT2D eigenvalue weighted by molar-refractivity contribution is 5.97. The van der Waals surface area contributed by atoms with E-state index in [0.29, 0.717) is 6.54 Å². The lowest BCUT2D eigenvalue weighted by molar-refractivity contribution is -0.159. The molecule has 0 spiro atoms. The number of hydrogen-bond donors (Lipinski definition) is 0. The van der Waals surface area contributed by atoms with Crippen LogP contribution in [0.2, 0.25) is 0 Å². The SMILES string of the molecule is CC1C(=O)N2CCCC2C(=O)N1Cc1cccnc1. The molecule has 5 nitrogen and oxygen atoms in total. The molecule has 1 aromatic rings. The largest absolute Gasteiger partial charge is 0.329 e. The molecule has 2 amide bonds. The first kappa shape index (κ1) is 12.1. The van der Waals surface area contributed by atoms with Crippen molar-refractivity contribution >= 4 is 11.8 Å². The van der Waals surface area contributed by atoms with Crippen molar-refractivity contribution < 1.29 is 9.59 Å². The molecule has 2 saturated heterocycles. The number of fused-ring (bicyclic) bond motifs is 1. The average molecular weight is 259 g/mol. The molecule has 19 heavy (non-hydrogen) atoms. The third kappa shape index (κ3) is 1.99. The van der Waals surface area contributed by atoms with E-state index in [9.17, 15) is 9.59 Å². The highest BCUT2D eigenvalue weighted by Gasteiger charge is 2.45. The van der Waals surface area contributed by atoms with Gasteiger partial charge in [-0.3, -0.25) is 14.6 Å². The topological polar surface area (TPSA) is 53.5 Å². The van der Waals surface area contributed by atoms with Gasteiger partial charge in [-0.25, -0.2) is 0 Å². The van der Waals surface area contributed by atoms with Gasteiger partial charge in [-0.2, -0.15) is 0 Å². The second-order valence-electron chi connectivity index (χ2n) is 5.19. The number of piperazine rings is 1. The van der Waals surface area contributed by atoms with Gasteiger partial charge >= 0.3 is 0 Å². The first-order valence-electron chi connectivity index (χ1n) is 6.68. The molecule has 2 atom stereocenters. The Hall–Kier alpha value is -1.91. The molecule has 0 saturated carbocycles. The Balaban J connectivity index is 1.84. The lowest BCUT2D eigenvalue weighted by atomic mass is 10.1. The van der Waals surface area contributed by atoms with E-state index in [-0.39, 0.29) is 23.9 Å². The summed E-state index contributed by atoms with van der Waals surface area (Å²) in [5.74, 6) is 0.152. The predicted octanol–water partition coefficient (Wildman–Crippen LogP) is 0.803. The van der Waals surface area contributed by atoms with Crippen LogP contribution >= 0.6 is 0 Å². The summed E-state index contributed by atoms with van der Waals surface area (Å²) in [5, 5.41) is 0. The Kier molecular flexibility index (Phi) is 2.97. The molecule has 5 heteroatoms. The minimum absolute atomic E-state index is 0.0750. The van der Waals surface area contributed by atoms with Crippen molar-refractivity contribution in [3.8, 4) is 0 Å². The zero-order chi connectivity index (χ0) is 13.4. The Morgan fingerprint density at radius 3 is 2.95 bits per heavy atom. The van der Waals surface area contributed by atoms with Crippen molar-refractivity contribution in [2.45, 2.75) is 38.4 Å². The third-order valence-corrected chi connectivity index (χ3v) is 4.00. The van der Waals surface area contributed by atoms with Crippen LogP contribution in [0.4, 0.5) is 0 Å². The van der Waals surface area contributed by atoms with E-state index in [1.165, 1.54) is 0 Å². The van der Waals surface area contributed by atoms with Crippen LogP contribution in [0.3, 0.4) is 0 Å². The molecular formula is C14H17N3O2. The van der Waals surface area contributed by atoms with Crippen LogP contribution in [0, 0.1) is 0 Å². The van der Waals surface area contributed by atoms with E-state index in [1.807, 2.05) is 19.1 Å². The highest BCUT2D eigenvalue weighted by atomic mass is 16.2. The number of hydrogen-bond acceptors (Lipinski definition) is 3. The lowest BCUT2D eigenvalue weighted by Gasteiger charge is -2.40. The van der Waals surface area contributed by atoms with Gasteiger partial charge in [-0.15, -0.1) is 0 Å². The molecule has 2 aliphatic heterocycles. The molecule has 0 aliphatic carbocycles. The number of amides is 2. The Morgan fingerprint density at radius 1 is 1.37 bits per heavy atom. The summed E-state index contributed by atoms with van der Waals surface area (Å²) in [6.45, 7) is 3.00. The number of aromatic nitrogens is 1. The van der Waals surface area contributed by atoms with Gasteiger partial charge in [0.05, 0.1) is 0 Å². The van der Waals surface area contributed by atoms with Gasteiger partial charge in [0.15, 0.2) is 0 Å². The maximum Gasteiger partial charge on any atom is 0.246 e. The van der Waals surface area contributed by atoms with Crippen molar-refractivity contribution in [3.05, 3.63) is 30.1 Å². The maximum absolute atomic E-state index is 12.5. The second-order valence-corrected chi connectivity index (χ2v) is 5.19. The Labute approximate surface area is 112 Å². The average Bonchev–Trinajstić information content (AvgIpc) is 2.92. The van der Waals surface area contributed by atoms with Crippen LogP contribution in [0.15, 0.2) is 24.5 Å². The summed E-state index contributed by atoms with van der Waals surface area (Å²) < 4.78 is 0. The van der Waals surface area contributed by atoms with Crippen LogP contribution in [0.25, 0.3) is 0 Å². The predicted molar refractivity (Wildman–Crippen MR) is 69.0 cm³/mol.